The van der Waals surface area contributed by atoms with Crippen LogP contribution in [0.5, 0.6) is 0 Å². The van der Waals surface area contributed by atoms with E-state index in [1.807, 2.05) is 18.2 Å². The quantitative estimate of drug-likeness (QED) is 0.785. The number of aromatic nitrogens is 2. The Morgan fingerprint density at radius 2 is 1.71 bits per heavy atom. The minimum Gasteiger partial charge on any atom is -0.384 e. The highest BCUT2D eigenvalue weighted by atomic mass is 14.9. The average molecular weight is 277 g/mol. The molecule has 3 nitrogen and oxygen atoms in total. The summed E-state index contributed by atoms with van der Waals surface area (Å²) in [6, 6.07) is 16.4. The van der Waals surface area contributed by atoms with Crippen molar-refractivity contribution in [2.75, 3.05) is 5.73 Å². The highest BCUT2D eigenvalue weighted by molar-refractivity contribution is 5.86. The van der Waals surface area contributed by atoms with Crippen LogP contribution in [0.3, 0.4) is 0 Å². The summed E-state index contributed by atoms with van der Waals surface area (Å²) in [6.07, 6.45) is 0.910. The van der Waals surface area contributed by atoms with E-state index in [4.69, 9.17) is 5.73 Å². The van der Waals surface area contributed by atoms with Crippen molar-refractivity contribution in [1.29, 1.82) is 0 Å². The maximum atomic E-state index is 5.93. The second kappa shape index (κ2) is 5.52. The van der Waals surface area contributed by atoms with Crippen LogP contribution < -0.4 is 5.73 Å². The SMILES string of the molecule is CC(C)Cc1cc(N)nc(-c2ccc3ccccc3c2)n1. The molecule has 0 aliphatic rings. The predicted octanol–water partition coefficient (Wildman–Crippen LogP) is 4.08. The van der Waals surface area contributed by atoms with Gasteiger partial charge >= 0.3 is 0 Å². The van der Waals surface area contributed by atoms with Crippen LogP contribution >= 0.6 is 0 Å². The molecule has 0 fully saturated rings. The van der Waals surface area contributed by atoms with Gasteiger partial charge in [0.25, 0.3) is 0 Å². The molecule has 2 aromatic carbocycles. The molecule has 0 aliphatic carbocycles. The van der Waals surface area contributed by atoms with Crippen LogP contribution in [-0.2, 0) is 6.42 Å². The molecule has 0 amide bonds. The first-order valence-corrected chi connectivity index (χ1v) is 7.24. The standard InChI is InChI=1S/C18H19N3/c1-12(2)9-16-11-17(19)21-18(20-16)15-8-7-13-5-3-4-6-14(13)10-15/h3-8,10-12H,9H2,1-2H3,(H2,19,20,21). The fraction of sp³-hybridized carbons (Fsp3) is 0.222. The van der Waals surface area contributed by atoms with Gasteiger partial charge in [-0.25, -0.2) is 9.97 Å². The number of rotatable bonds is 3. The third kappa shape index (κ3) is 3.02. The first-order chi connectivity index (χ1) is 10.1. The van der Waals surface area contributed by atoms with Gasteiger partial charge in [-0.3, -0.25) is 0 Å². The fourth-order valence-electron chi connectivity index (χ4n) is 2.50. The van der Waals surface area contributed by atoms with E-state index < -0.39 is 0 Å². The number of anilines is 1. The van der Waals surface area contributed by atoms with E-state index >= 15 is 0 Å². The third-order valence-corrected chi connectivity index (χ3v) is 3.42. The fourth-order valence-corrected chi connectivity index (χ4v) is 2.50. The monoisotopic (exact) mass is 277 g/mol. The Morgan fingerprint density at radius 1 is 0.952 bits per heavy atom. The Labute approximate surface area is 124 Å². The Kier molecular flexibility index (Phi) is 3.57. The minimum absolute atomic E-state index is 0.531. The molecule has 0 atom stereocenters. The van der Waals surface area contributed by atoms with Crippen molar-refractivity contribution in [2.24, 2.45) is 5.92 Å². The summed E-state index contributed by atoms with van der Waals surface area (Å²) in [5.74, 6) is 1.78. The van der Waals surface area contributed by atoms with Gasteiger partial charge < -0.3 is 5.73 Å². The lowest BCUT2D eigenvalue weighted by atomic mass is 10.1. The van der Waals surface area contributed by atoms with E-state index in [1.165, 1.54) is 10.8 Å². The highest BCUT2D eigenvalue weighted by Gasteiger charge is 2.07. The summed E-state index contributed by atoms with van der Waals surface area (Å²) in [4.78, 5) is 9.04. The van der Waals surface area contributed by atoms with Gasteiger partial charge in [0.15, 0.2) is 5.82 Å². The molecule has 3 heteroatoms. The molecular formula is C18H19N3. The van der Waals surface area contributed by atoms with Gasteiger partial charge in [0.05, 0.1) is 0 Å². The molecule has 0 radical (unpaired) electrons. The van der Waals surface area contributed by atoms with Crippen molar-refractivity contribution in [2.45, 2.75) is 20.3 Å². The zero-order chi connectivity index (χ0) is 14.8. The Morgan fingerprint density at radius 3 is 2.48 bits per heavy atom. The normalized spacial score (nSPS) is 11.2. The molecule has 1 aromatic heterocycles. The summed E-state index contributed by atoms with van der Waals surface area (Å²) >= 11 is 0. The number of hydrogen-bond donors (Lipinski definition) is 1. The molecule has 0 saturated heterocycles. The number of benzene rings is 2. The molecule has 21 heavy (non-hydrogen) atoms. The lowest BCUT2D eigenvalue weighted by Crippen LogP contribution is -2.03. The smallest absolute Gasteiger partial charge is 0.161 e. The lowest BCUT2D eigenvalue weighted by Gasteiger charge is -2.08. The van der Waals surface area contributed by atoms with Crippen molar-refractivity contribution < 1.29 is 0 Å². The summed E-state index contributed by atoms with van der Waals surface area (Å²) < 4.78 is 0. The van der Waals surface area contributed by atoms with Gasteiger partial charge in [-0.1, -0.05) is 50.2 Å². The topological polar surface area (TPSA) is 51.8 Å². The minimum atomic E-state index is 0.531. The van der Waals surface area contributed by atoms with Crippen molar-refractivity contribution in [3.05, 3.63) is 54.2 Å². The van der Waals surface area contributed by atoms with Crippen molar-refractivity contribution >= 4 is 16.6 Å². The highest BCUT2D eigenvalue weighted by Crippen LogP contribution is 2.23. The Bertz CT molecular complexity index is 778. The van der Waals surface area contributed by atoms with Gasteiger partial charge in [0, 0.05) is 17.3 Å². The van der Waals surface area contributed by atoms with Crippen LogP contribution in [0.15, 0.2) is 48.5 Å². The van der Waals surface area contributed by atoms with E-state index in [2.05, 4.69) is 54.1 Å². The molecule has 1 heterocycles. The predicted molar refractivity (Wildman–Crippen MR) is 87.9 cm³/mol. The molecular weight excluding hydrogens is 258 g/mol. The number of fused-ring (bicyclic) bond motifs is 1. The second-order valence-electron chi connectivity index (χ2n) is 5.77. The first-order valence-electron chi connectivity index (χ1n) is 7.24. The van der Waals surface area contributed by atoms with E-state index in [0.29, 0.717) is 17.6 Å². The molecule has 3 aromatic rings. The summed E-state index contributed by atoms with van der Waals surface area (Å²) in [5, 5.41) is 2.40. The van der Waals surface area contributed by atoms with Crippen molar-refractivity contribution in [3.8, 4) is 11.4 Å². The van der Waals surface area contributed by atoms with Crippen molar-refractivity contribution in [1.82, 2.24) is 9.97 Å². The van der Waals surface area contributed by atoms with Gasteiger partial charge in [-0.05, 0) is 29.2 Å². The lowest BCUT2D eigenvalue weighted by molar-refractivity contribution is 0.635. The molecule has 0 spiro atoms. The van der Waals surface area contributed by atoms with Crippen LogP contribution in [0, 0.1) is 5.92 Å². The van der Waals surface area contributed by atoms with Crippen LogP contribution in [-0.4, -0.2) is 9.97 Å². The second-order valence-corrected chi connectivity index (χ2v) is 5.77. The third-order valence-electron chi connectivity index (χ3n) is 3.42. The zero-order valence-corrected chi connectivity index (χ0v) is 12.4. The van der Waals surface area contributed by atoms with E-state index in [9.17, 15) is 0 Å². The van der Waals surface area contributed by atoms with Gasteiger partial charge in [0.1, 0.15) is 5.82 Å². The Balaban J connectivity index is 2.06. The number of hydrogen-bond acceptors (Lipinski definition) is 3. The molecule has 0 saturated carbocycles. The van der Waals surface area contributed by atoms with Crippen molar-refractivity contribution in [3.63, 3.8) is 0 Å². The van der Waals surface area contributed by atoms with E-state index in [1.54, 1.807) is 0 Å². The number of nitrogen functional groups attached to an aromatic ring is 1. The summed E-state index contributed by atoms with van der Waals surface area (Å²) in [5.41, 5.74) is 7.94. The number of nitrogens with zero attached hydrogens (tertiary/aromatic N) is 2. The Hall–Kier alpha value is -2.42. The van der Waals surface area contributed by atoms with Crippen LogP contribution in [0.2, 0.25) is 0 Å². The van der Waals surface area contributed by atoms with Crippen LogP contribution in [0.4, 0.5) is 5.82 Å². The largest absolute Gasteiger partial charge is 0.384 e. The maximum Gasteiger partial charge on any atom is 0.161 e. The average Bonchev–Trinajstić information content (AvgIpc) is 2.45. The van der Waals surface area contributed by atoms with E-state index in [0.717, 1.165) is 17.7 Å². The van der Waals surface area contributed by atoms with Crippen LogP contribution in [0.25, 0.3) is 22.2 Å². The number of nitrogens with two attached hydrogens (primary N) is 1. The molecule has 3 rings (SSSR count). The van der Waals surface area contributed by atoms with Gasteiger partial charge in [-0.15, -0.1) is 0 Å². The molecule has 0 unspecified atom stereocenters. The molecule has 0 bridgehead atoms. The van der Waals surface area contributed by atoms with Gasteiger partial charge in [0.2, 0.25) is 0 Å². The zero-order valence-electron chi connectivity index (χ0n) is 12.4. The summed E-state index contributed by atoms with van der Waals surface area (Å²) in [7, 11) is 0. The molecule has 0 aliphatic heterocycles. The first kappa shape index (κ1) is 13.6. The maximum absolute atomic E-state index is 5.93. The summed E-state index contributed by atoms with van der Waals surface area (Å²) in [6.45, 7) is 4.35. The van der Waals surface area contributed by atoms with E-state index in [-0.39, 0.29) is 0 Å². The van der Waals surface area contributed by atoms with Crippen LogP contribution in [0.1, 0.15) is 19.5 Å². The molecule has 106 valence electrons. The molecule has 2 N–H and O–H groups in total. The van der Waals surface area contributed by atoms with Gasteiger partial charge in [-0.2, -0.15) is 0 Å².